The van der Waals surface area contributed by atoms with E-state index in [1.807, 2.05) is 0 Å². The van der Waals surface area contributed by atoms with Crippen LogP contribution in [0.25, 0.3) is 0 Å². The molecule has 0 aliphatic carbocycles. The summed E-state index contributed by atoms with van der Waals surface area (Å²) in [5.74, 6) is -0.0842. The Bertz CT molecular complexity index is 348. The largest absolute Gasteiger partial charge is 0.352 e. The van der Waals surface area contributed by atoms with Crippen molar-refractivity contribution in [2.45, 2.75) is 26.7 Å². The average molecular weight is 223 g/mol. The van der Waals surface area contributed by atoms with Gasteiger partial charge in [0.15, 0.2) is 0 Å². The third-order valence-electron chi connectivity index (χ3n) is 2.79. The molecular weight excluding hydrogens is 205 g/mol. The lowest BCUT2D eigenvalue weighted by Gasteiger charge is -2.13. The molecule has 0 radical (unpaired) electrons. The predicted molar refractivity (Wildman–Crippen MR) is 62.8 cm³/mol. The van der Waals surface area contributed by atoms with Crippen LogP contribution >= 0.6 is 0 Å². The van der Waals surface area contributed by atoms with E-state index in [0.717, 1.165) is 12.8 Å². The Morgan fingerprint density at radius 2 is 2.06 bits per heavy atom. The Morgan fingerprint density at radius 1 is 1.38 bits per heavy atom. The van der Waals surface area contributed by atoms with Gasteiger partial charge in [-0.1, -0.05) is 32.8 Å². The van der Waals surface area contributed by atoms with Crippen LogP contribution in [0.2, 0.25) is 0 Å². The summed E-state index contributed by atoms with van der Waals surface area (Å²) in [5.41, 5.74) is 0.381. The fraction of sp³-hybridized carbons (Fsp3) is 0.462. The van der Waals surface area contributed by atoms with Crippen LogP contribution in [0.5, 0.6) is 0 Å². The van der Waals surface area contributed by atoms with E-state index in [-0.39, 0.29) is 11.7 Å². The Balaban J connectivity index is 2.52. The summed E-state index contributed by atoms with van der Waals surface area (Å²) < 4.78 is 12.9. The number of carbonyl (C=O) groups excluding carboxylic acids is 1. The number of nitrogens with one attached hydrogen (secondary N) is 1. The van der Waals surface area contributed by atoms with Gasteiger partial charge in [-0.2, -0.15) is 0 Å². The summed E-state index contributed by atoms with van der Waals surface area (Å²) in [6.45, 7) is 4.85. The number of hydrogen-bond acceptors (Lipinski definition) is 1. The highest BCUT2D eigenvalue weighted by atomic mass is 19.1. The van der Waals surface area contributed by atoms with Gasteiger partial charge >= 0.3 is 0 Å². The summed E-state index contributed by atoms with van der Waals surface area (Å²) in [5, 5.41) is 2.82. The first-order valence-electron chi connectivity index (χ1n) is 5.71. The average Bonchev–Trinajstić information content (AvgIpc) is 2.30. The molecule has 1 amide bonds. The van der Waals surface area contributed by atoms with E-state index in [4.69, 9.17) is 0 Å². The highest BCUT2D eigenvalue weighted by Crippen LogP contribution is 2.07. The minimum Gasteiger partial charge on any atom is -0.352 e. The second kappa shape index (κ2) is 6.26. The van der Waals surface area contributed by atoms with E-state index in [1.165, 1.54) is 12.1 Å². The fourth-order valence-corrected chi connectivity index (χ4v) is 1.55. The molecule has 0 saturated carbocycles. The van der Waals surface area contributed by atoms with Crippen molar-refractivity contribution in [2.75, 3.05) is 6.54 Å². The molecule has 0 unspecified atom stereocenters. The first-order chi connectivity index (χ1) is 7.67. The molecule has 1 aromatic rings. The zero-order valence-corrected chi connectivity index (χ0v) is 9.79. The molecule has 0 heterocycles. The minimum absolute atomic E-state index is 0.202. The molecule has 16 heavy (non-hydrogen) atoms. The molecule has 0 saturated heterocycles. The Morgan fingerprint density at radius 3 is 2.62 bits per heavy atom. The summed E-state index contributed by atoms with van der Waals surface area (Å²) in [6, 6.07) is 5.74. The lowest BCUT2D eigenvalue weighted by molar-refractivity contribution is 0.0946. The molecule has 0 aliphatic heterocycles. The molecule has 0 atom stereocenters. The van der Waals surface area contributed by atoms with Crippen molar-refractivity contribution in [1.82, 2.24) is 5.32 Å². The van der Waals surface area contributed by atoms with Crippen LogP contribution in [0.3, 0.4) is 0 Å². The van der Waals surface area contributed by atoms with Crippen LogP contribution in [0.1, 0.15) is 37.0 Å². The van der Waals surface area contributed by atoms with Gasteiger partial charge in [0, 0.05) is 12.1 Å². The Kier molecular flexibility index (Phi) is 4.96. The maximum absolute atomic E-state index is 12.9. The second-order valence-electron chi connectivity index (χ2n) is 3.90. The van der Waals surface area contributed by atoms with Crippen molar-refractivity contribution in [3.05, 3.63) is 35.6 Å². The van der Waals surface area contributed by atoms with E-state index in [1.54, 1.807) is 12.1 Å². The maximum atomic E-state index is 12.9. The molecule has 1 aromatic carbocycles. The molecular formula is C13H18FNO. The zero-order chi connectivity index (χ0) is 12.0. The number of amides is 1. The van der Waals surface area contributed by atoms with E-state index in [9.17, 15) is 9.18 Å². The predicted octanol–water partition coefficient (Wildman–Crippen LogP) is 2.99. The van der Waals surface area contributed by atoms with Gasteiger partial charge in [-0.3, -0.25) is 4.79 Å². The van der Waals surface area contributed by atoms with Gasteiger partial charge < -0.3 is 5.32 Å². The highest BCUT2D eigenvalue weighted by molar-refractivity contribution is 5.94. The molecule has 3 heteroatoms. The standard InChI is InChI=1S/C13H18FNO/c1-3-10(4-2)9-15-13(16)11-6-5-7-12(14)8-11/h5-8,10H,3-4,9H2,1-2H3,(H,15,16). The Hall–Kier alpha value is -1.38. The minimum atomic E-state index is -0.379. The summed E-state index contributed by atoms with van der Waals surface area (Å²) in [6.07, 6.45) is 2.08. The fourth-order valence-electron chi connectivity index (χ4n) is 1.55. The van der Waals surface area contributed by atoms with Crippen LogP contribution in [0.15, 0.2) is 24.3 Å². The number of benzene rings is 1. The van der Waals surface area contributed by atoms with E-state index in [0.29, 0.717) is 18.0 Å². The molecule has 0 spiro atoms. The Labute approximate surface area is 95.9 Å². The van der Waals surface area contributed by atoms with Crippen molar-refractivity contribution < 1.29 is 9.18 Å². The van der Waals surface area contributed by atoms with Gasteiger partial charge in [0.1, 0.15) is 5.82 Å². The number of halogens is 1. The molecule has 1 rings (SSSR count). The van der Waals surface area contributed by atoms with E-state index >= 15 is 0 Å². The van der Waals surface area contributed by atoms with Crippen molar-refractivity contribution >= 4 is 5.91 Å². The van der Waals surface area contributed by atoms with Crippen LogP contribution in [0, 0.1) is 11.7 Å². The number of hydrogen-bond donors (Lipinski definition) is 1. The zero-order valence-electron chi connectivity index (χ0n) is 9.79. The van der Waals surface area contributed by atoms with Crippen molar-refractivity contribution in [3.8, 4) is 0 Å². The topological polar surface area (TPSA) is 29.1 Å². The molecule has 0 aliphatic rings. The normalized spacial score (nSPS) is 10.5. The summed E-state index contributed by atoms with van der Waals surface area (Å²) in [4.78, 5) is 11.7. The van der Waals surface area contributed by atoms with Gasteiger partial charge in [-0.05, 0) is 24.1 Å². The molecule has 0 bridgehead atoms. The maximum Gasteiger partial charge on any atom is 0.251 e. The first-order valence-corrected chi connectivity index (χ1v) is 5.71. The van der Waals surface area contributed by atoms with E-state index < -0.39 is 0 Å². The molecule has 2 nitrogen and oxygen atoms in total. The van der Waals surface area contributed by atoms with Gasteiger partial charge in [0.2, 0.25) is 0 Å². The number of rotatable bonds is 5. The highest BCUT2D eigenvalue weighted by Gasteiger charge is 2.08. The van der Waals surface area contributed by atoms with Gasteiger partial charge in [0.25, 0.3) is 5.91 Å². The molecule has 88 valence electrons. The van der Waals surface area contributed by atoms with Crippen molar-refractivity contribution in [1.29, 1.82) is 0 Å². The lowest BCUT2D eigenvalue weighted by Crippen LogP contribution is -2.28. The van der Waals surface area contributed by atoms with Crippen LogP contribution in [-0.2, 0) is 0 Å². The third kappa shape index (κ3) is 3.65. The SMILES string of the molecule is CCC(CC)CNC(=O)c1cccc(F)c1. The summed E-state index contributed by atoms with van der Waals surface area (Å²) >= 11 is 0. The quantitative estimate of drug-likeness (QED) is 0.816. The van der Waals surface area contributed by atoms with Crippen LogP contribution in [-0.4, -0.2) is 12.5 Å². The number of carbonyl (C=O) groups is 1. The van der Waals surface area contributed by atoms with E-state index in [2.05, 4.69) is 19.2 Å². The monoisotopic (exact) mass is 223 g/mol. The van der Waals surface area contributed by atoms with Crippen molar-refractivity contribution in [3.63, 3.8) is 0 Å². The molecule has 1 N–H and O–H groups in total. The summed E-state index contributed by atoms with van der Waals surface area (Å²) in [7, 11) is 0. The first kappa shape index (κ1) is 12.7. The van der Waals surface area contributed by atoms with Crippen LogP contribution < -0.4 is 5.32 Å². The smallest absolute Gasteiger partial charge is 0.251 e. The molecule has 0 fully saturated rings. The second-order valence-corrected chi connectivity index (χ2v) is 3.90. The third-order valence-corrected chi connectivity index (χ3v) is 2.79. The van der Waals surface area contributed by atoms with Gasteiger partial charge in [-0.15, -0.1) is 0 Å². The lowest BCUT2D eigenvalue weighted by atomic mass is 10.0. The van der Waals surface area contributed by atoms with Gasteiger partial charge in [-0.25, -0.2) is 4.39 Å². The van der Waals surface area contributed by atoms with Gasteiger partial charge in [0.05, 0.1) is 0 Å². The van der Waals surface area contributed by atoms with Crippen molar-refractivity contribution in [2.24, 2.45) is 5.92 Å². The molecule has 0 aromatic heterocycles. The van der Waals surface area contributed by atoms with Crippen LogP contribution in [0.4, 0.5) is 4.39 Å².